The van der Waals surface area contributed by atoms with Crippen molar-refractivity contribution in [3.8, 4) is 5.75 Å². The molecule has 34 heavy (non-hydrogen) atoms. The number of carboxylic acids is 1. The summed E-state index contributed by atoms with van der Waals surface area (Å²) < 4.78 is 0. The number of amides is 3. The van der Waals surface area contributed by atoms with E-state index >= 15 is 0 Å². The van der Waals surface area contributed by atoms with Crippen molar-refractivity contribution in [2.45, 2.75) is 64.7 Å². The van der Waals surface area contributed by atoms with Gasteiger partial charge < -0.3 is 37.0 Å². The van der Waals surface area contributed by atoms with E-state index in [1.807, 2.05) is 13.8 Å². The second kappa shape index (κ2) is 13.5. The number of aliphatic hydroxyl groups excluding tert-OH is 1. The van der Waals surface area contributed by atoms with Crippen LogP contribution in [0.25, 0.3) is 0 Å². The fourth-order valence-electron chi connectivity index (χ4n) is 3.20. The van der Waals surface area contributed by atoms with Crippen molar-refractivity contribution < 1.29 is 34.5 Å². The molecule has 0 bridgehead atoms. The third kappa shape index (κ3) is 9.36. The van der Waals surface area contributed by atoms with E-state index in [4.69, 9.17) is 15.9 Å². The summed E-state index contributed by atoms with van der Waals surface area (Å²) in [5.41, 5.74) is 6.73. The Morgan fingerprint density at radius 3 is 1.91 bits per heavy atom. The van der Waals surface area contributed by atoms with E-state index in [0.717, 1.165) is 5.56 Å². The monoisotopic (exact) mass is 480 g/mol. The van der Waals surface area contributed by atoms with Crippen LogP contribution in [-0.2, 0) is 25.6 Å². The molecule has 0 fully saturated rings. The maximum absolute atomic E-state index is 13.0. The van der Waals surface area contributed by atoms with Crippen LogP contribution in [0.5, 0.6) is 5.75 Å². The summed E-state index contributed by atoms with van der Waals surface area (Å²) in [6.45, 7) is 6.31. The van der Waals surface area contributed by atoms with Gasteiger partial charge in [-0.15, -0.1) is 0 Å². The van der Waals surface area contributed by atoms with Gasteiger partial charge in [-0.2, -0.15) is 0 Å². The predicted octanol–water partition coefficient (Wildman–Crippen LogP) is -0.505. The van der Waals surface area contributed by atoms with E-state index in [-0.39, 0.29) is 30.4 Å². The fraction of sp³-hybridized carbons (Fsp3) is 0.565. The molecule has 11 heteroatoms. The molecule has 1 aromatic rings. The minimum atomic E-state index is -1.50. The van der Waals surface area contributed by atoms with Crippen molar-refractivity contribution in [3.05, 3.63) is 29.8 Å². The van der Waals surface area contributed by atoms with Crippen LogP contribution in [0.15, 0.2) is 24.3 Å². The molecule has 0 aliphatic carbocycles. The lowest BCUT2D eigenvalue weighted by molar-refractivity contribution is -0.143. The Bertz CT molecular complexity index is 842. The summed E-state index contributed by atoms with van der Waals surface area (Å²) in [6, 6.07) is 1.74. The molecule has 0 radical (unpaired) electrons. The van der Waals surface area contributed by atoms with E-state index < -0.39 is 54.5 Å². The van der Waals surface area contributed by atoms with Gasteiger partial charge in [-0.05, 0) is 42.4 Å². The first-order valence-corrected chi connectivity index (χ1v) is 11.1. The molecule has 0 spiro atoms. The largest absolute Gasteiger partial charge is 0.508 e. The second-order valence-electron chi connectivity index (χ2n) is 8.98. The van der Waals surface area contributed by atoms with Crippen molar-refractivity contribution in [2.24, 2.45) is 17.6 Å². The Morgan fingerprint density at radius 1 is 0.882 bits per heavy atom. The third-order valence-electron chi connectivity index (χ3n) is 5.11. The van der Waals surface area contributed by atoms with Gasteiger partial charge >= 0.3 is 5.97 Å². The number of carboxylic acid groups (broad SMARTS) is 1. The standard InChI is InChI=1S/C23H36N4O7/c1-12(2)9-17(21(31)26-18(11-28)23(33)34)25-22(32)19(13(3)4)27-20(30)16(24)10-14-5-7-15(29)8-6-14/h5-8,12-13,16-19,28-29H,9-11,24H2,1-4H3,(H,25,32)(H,26,31)(H,27,30)(H,33,34). The molecule has 1 rings (SSSR count). The number of nitrogens with two attached hydrogens (primary N) is 1. The van der Waals surface area contributed by atoms with Gasteiger partial charge in [0.1, 0.15) is 23.9 Å². The molecule has 0 heterocycles. The lowest BCUT2D eigenvalue weighted by Gasteiger charge is -2.27. The van der Waals surface area contributed by atoms with E-state index in [9.17, 15) is 24.3 Å². The topological polar surface area (TPSA) is 191 Å². The minimum absolute atomic E-state index is 0.0146. The molecule has 0 aliphatic rings. The summed E-state index contributed by atoms with van der Waals surface area (Å²) in [4.78, 5) is 49.4. The van der Waals surface area contributed by atoms with Crippen LogP contribution in [0, 0.1) is 11.8 Å². The maximum atomic E-state index is 13.0. The Morgan fingerprint density at radius 2 is 1.44 bits per heavy atom. The molecule has 1 aromatic carbocycles. The van der Waals surface area contributed by atoms with E-state index in [0.29, 0.717) is 0 Å². The molecule has 190 valence electrons. The zero-order valence-electron chi connectivity index (χ0n) is 19.9. The summed E-state index contributed by atoms with van der Waals surface area (Å²) in [6.07, 6.45) is 0.406. The average Bonchev–Trinajstić information content (AvgIpc) is 2.75. The fourth-order valence-corrected chi connectivity index (χ4v) is 3.20. The van der Waals surface area contributed by atoms with Gasteiger partial charge in [0.15, 0.2) is 0 Å². The number of carbonyl (C=O) groups is 4. The Kier molecular flexibility index (Phi) is 11.5. The van der Waals surface area contributed by atoms with Crippen LogP contribution in [0.4, 0.5) is 0 Å². The summed E-state index contributed by atoms with van der Waals surface area (Å²) in [5, 5.41) is 35.0. The molecule has 8 N–H and O–H groups in total. The first-order chi connectivity index (χ1) is 15.8. The molecule has 11 nitrogen and oxygen atoms in total. The first kappa shape index (κ1) is 28.9. The lowest BCUT2D eigenvalue weighted by atomic mass is 9.99. The number of carbonyl (C=O) groups excluding carboxylic acids is 3. The third-order valence-corrected chi connectivity index (χ3v) is 5.11. The molecule has 3 amide bonds. The predicted molar refractivity (Wildman–Crippen MR) is 125 cm³/mol. The van der Waals surface area contributed by atoms with Crippen molar-refractivity contribution in [1.82, 2.24) is 16.0 Å². The number of aliphatic hydroxyl groups is 1. The van der Waals surface area contributed by atoms with Crippen LogP contribution >= 0.6 is 0 Å². The van der Waals surface area contributed by atoms with Crippen molar-refractivity contribution >= 4 is 23.7 Å². The van der Waals surface area contributed by atoms with E-state index in [1.165, 1.54) is 12.1 Å². The van der Waals surface area contributed by atoms with Crippen LogP contribution < -0.4 is 21.7 Å². The Labute approximate surface area is 199 Å². The number of phenols is 1. The quantitative estimate of drug-likeness (QED) is 0.196. The van der Waals surface area contributed by atoms with Gasteiger partial charge in [-0.1, -0.05) is 39.8 Å². The molecule has 4 unspecified atom stereocenters. The highest BCUT2D eigenvalue weighted by molar-refractivity contribution is 5.94. The molecule has 4 atom stereocenters. The van der Waals surface area contributed by atoms with Crippen LogP contribution in [-0.4, -0.2) is 69.8 Å². The number of nitrogens with one attached hydrogen (secondary N) is 3. The van der Waals surface area contributed by atoms with Gasteiger partial charge in [-0.25, -0.2) is 4.79 Å². The van der Waals surface area contributed by atoms with Gasteiger partial charge in [0.25, 0.3) is 0 Å². The van der Waals surface area contributed by atoms with Crippen molar-refractivity contribution in [2.75, 3.05) is 6.61 Å². The highest BCUT2D eigenvalue weighted by Gasteiger charge is 2.31. The number of phenolic OH excluding ortho intramolecular Hbond substituents is 1. The number of benzene rings is 1. The number of rotatable bonds is 13. The molecule has 0 aliphatic heterocycles. The van der Waals surface area contributed by atoms with Gasteiger partial charge in [0.2, 0.25) is 17.7 Å². The van der Waals surface area contributed by atoms with E-state index in [1.54, 1.807) is 26.0 Å². The highest BCUT2D eigenvalue weighted by atomic mass is 16.4. The van der Waals surface area contributed by atoms with Crippen LogP contribution in [0.1, 0.15) is 39.7 Å². The highest BCUT2D eigenvalue weighted by Crippen LogP contribution is 2.12. The second-order valence-corrected chi connectivity index (χ2v) is 8.98. The Hall–Kier alpha value is -3.18. The van der Waals surface area contributed by atoms with Crippen LogP contribution in [0.3, 0.4) is 0 Å². The molecular formula is C23H36N4O7. The number of hydrogen-bond acceptors (Lipinski definition) is 7. The minimum Gasteiger partial charge on any atom is -0.508 e. The zero-order chi connectivity index (χ0) is 26.0. The van der Waals surface area contributed by atoms with E-state index in [2.05, 4.69) is 16.0 Å². The molecule has 0 saturated carbocycles. The van der Waals surface area contributed by atoms with Gasteiger partial charge in [-0.3, -0.25) is 14.4 Å². The molecule has 0 aromatic heterocycles. The number of aliphatic carboxylic acids is 1. The smallest absolute Gasteiger partial charge is 0.328 e. The van der Waals surface area contributed by atoms with Crippen LogP contribution in [0.2, 0.25) is 0 Å². The summed E-state index contributed by atoms with van der Waals surface area (Å²) >= 11 is 0. The number of hydrogen-bond donors (Lipinski definition) is 7. The normalized spacial score (nSPS) is 14.7. The van der Waals surface area contributed by atoms with Gasteiger partial charge in [0.05, 0.1) is 12.6 Å². The zero-order valence-corrected chi connectivity index (χ0v) is 19.9. The van der Waals surface area contributed by atoms with Gasteiger partial charge in [0, 0.05) is 0 Å². The first-order valence-electron chi connectivity index (χ1n) is 11.1. The average molecular weight is 481 g/mol. The van der Waals surface area contributed by atoms with Crippen molar-refractivity contribution in [3.63, 3.8) is 0 Å². The molecule has 0 saturated heterocycles. The summed E-state index contributed by atoms with van der Waals surface area (Å²) in [7, 11) is 0. The number of aromatic hydroxyl groups is 1. The SMILES string of the molecule is CC(C)CC(NC(=O)C(NC(=O)C(N)Cc1ccc(O)cc1)C(C)C)C(=O)NC(CO)C(=O)O. The summed E-state index contributed by atoms with van der Waals surface area (Å²) in [5.74, 6) is -3.58. The lowest BCUT2D eigenvalue weighted by Crippen LogP contribution is -2.59. The molecular weight excluding hydrogens is 444 g/mol. The maximum Gasteiger partial charge on any atom is 0.328 e. The Balaban J connectivity index is 2.89. The van der Waals surface area contributed by atoms with Crippen molar-refractivity contribution in [1.29, 1.82) is 0 Å².